The molecule has 0 radical (unpaired) electrons. The minimum Gasteiger partial charge on any atom is -0.326 e. The third kappa shape index (κ3) is 2.95. The highest BCUT2D eigenvalue weighted by Crippen LogP contribution is 2.65. The summed E-state index contributed by atoms with van der Waals surface area (Å²) in [7, 11) is 0. The fourth-order valence-corrected chi connectivity index (χ4v) is 8.68. The zero-order valence-electron chi connectivity index (χ0n) is 14.2. The molecule has 2 saturated carbocycles. The minimum absolute atomic E-state index is 0.0258. The van der Waals surface area contributed by atoms with E-state index in [0.717, 1.165) is 12.8 Å². The maximum atomic E-state index is 12.8. The zero-order valence-corrected chi connectivity index (χ0v) is 15.8. The number of nitrogens with zero attached hydrogens (tertiary/aromatic N) is 1. The van der Waals surface area contributed by atoms with E-state index in [1.165, 1.54) is 30.4 Å². The molecule has 2 aliphatic carbocycles. The summed E-state index contributed by atoms with van der Waals surface area (Å²) in [6.45, 7) is 1.71. The minimum atomic E-state index is -0.399. The van der Waals surface area contributed by atoms with Crippen LogP contribution in [0, 0.1) is 34.8 Å². The van der Waals surface area contributed by atoms with Crippen LogP contribution in [0.4, 0.5) is 11.4 Å². The summed E-state index contributed by atoms with van der Waals surface area (Å²) < 4.78 is 0.374. The first kappa shape index (κ1) is 17.2. The second-order valence-electron chi connectivity index (χ2n) is 7.31. The van der Waals surface area contributed by atoms with Crippen LogP contribution in [0.1, 0.15) is 31.2 Å². The van der Waals surface area contributed by atoms with Crippen molar-refractivity contribution < 1.29 is 9.72 Å². The van der Waals surface area contributed by atoms with Gasteiger partial charge in [-0.2, -0.15) is 0 Å². The molecule has 5 nitrogen and oxygen atoms in total. The number of thioether (sulfide) groups is 2. The van der Waals surface area contributed by atoms with Crippen LogP contribution < -0.4 is 5.32 Å². The molecule has 1 aliphatic heterocycles. The van der Waals surface area contributed by atoms with Crippen LogP contribution in [0.15, 0.2) is 18.2 Å². The van der Waals surface area contributed by atoms with E-state index in [2.05, 4.69) is 28.8 Å². The van der Waals surface area contributed by atoms with E-state index in [0.29, 0.717) is 27.2 Å². The SMILES string of the molecule is Cc1ccc(NC(=O)C2C[C@H]3CC[C@@H](C2)C32SCCS2)cc1[N+](=O)[O-]. The third-order valence-electron chi connectivity index (χ3n) is 5.92. The van der Waals surface area contributed by atoms with E-state index < -0.39 is 4.92 Å². The lowest BCUT2D eigenvalue weighted by molar-refractivity contribution is -0.385. The molecule has 1 unspecified atom stereocenters. The Kier molecular flexibility index (Phi) is 4.48. The van der Waals surface area contributed by atoms with E-state index in [4.69, 9.17) is 0 Å². The zero-order chi connectivity index (χ0) is 17.6. The Hall–Kier alpha value is -1.21. The first-order valence-electron chi connectivity index (χ1n) is 8.83. The summed E-state index contributed by atoms with van der Waals surface area (Å²) in [5, 5.41) is 14.0. The lowest BCUT2D eigenvalue weighted by Gasteiger charge is -2.42. The van der Waals surface area contributed by atoms with Gasteiger partial charge in [0.1, 0.15) is 0 Å². The number of benzene rings is 1. The summed E-state index contributed by atoms with van der Waals surface area (Å²) in [5.74, 6) is 3.80. The number of anilines is 1. The number of carbonyl (C=O) groups is 1. The first-order valence-corrected chi connectivity index (χ1v) is 10.8. The first-order chi connectivity index (χ1) is 12.0. The number of hydrogen-bond acceptors (Lipinski definition) is 5. The number of rotatable bonds is 3. The molecule has 4 rings (SSSR count). The van der Waals surface area contributed by atoms with Crippen LogP contribution in [0.2, 0.25) is 0 Å². The van der Waals surface area contributed by atoms with Gasteiger partial charge in [0.2, 0.25) is 5.91 Å². The van der Waals surface area contributed by atoms with Gasteiger partial charge in [0.15, 0.2) is 0 Å². The van der Waals surface area contributed by atoms with Gasteiger partial charge in [-0.15, -0.1) is 23.5 Å². The van der Waals surface area contributed by atoms with Crippen molar-refractivity contribution in [1.29, 1.82) is 0 Å². The molecule has 3 aliphatic rings. The highest BCUT2D eigenvalue weighted by molar-refractivity contribution is 8.21. The molecule has 3 atom stereocenters. The normalized spacial score (nSPS) is 29.7. The Bertz CT molecular complexity index is 702. The predicted octanol–water partition coefficient (Wildman–Crippen LogP) is 4.45. The average molecular weight is 379 g/mol. The van der Waals surface area contributed by atoms with E-state index in [-0.39, 0.29) is 17.5 Å². The predicted molar refractivity (Wildman–Crippen MR) is 103 cm³/mol. The monoisotopic (exact) mass is 378 g/mol. The lowest BCUT2D eigenvalue weighted by atomic mass is 9.79. The molecule has 1 aromatic rings. The molecule has 2 bridgehead atoms. The summed E-state index contributed by atoms with van der Waals surface area (Å²) in [5.41, 5.74) is 1.19. The van der Waals surface area contributed by atoms with E-state index in [9.17, 15) is 14.9 Å². The van der Waals surface area contributed by atoms with Gasteiger partial charge in [0, 0.05) is 34.7 Å². The van der Waals surface area contributed by atoms with Crippen molar-refractivity contribution in [3.05, 3.63) is 33.9 Å². The van der Waals surface area contributed by atoms with Crippen LogP contribution in [0.3, 0.4) is 0 Å². The van der Waals surface area contributed by atoms with Crippen molar-refractivity contribution >= 4 is 40.8 Å². The van der Waals surface area contributed by atoms with Gasteiger partial charge in [-0.1, -0.05) is 6.07 Å². The van der Waals surface area contributed by atoms with Crippen LogP contribution in [-0.2, 0) is 4.79 Å². The fourth-order valence-electron chi connectivity index (χ4n) is 4.74. The number of carbonyl (C=O) groups excluding carboxylic acids is 1. The molecule has 1 spiro atoms. The van der Waals surface area contributed by atoms with Gasteiger partial charge in [-0.3, -0.25) is 14.9 Å². The number of amides is 1. The second kappa shape index (κ2) is 6.50. The molecule has 7 heteroatoms. The largest absolute Gasteiger partial charge is 0.326 e. The Morgan fingerprint density at radius 1 is 1.24 bits per heavy atom. The van der Waals surface area contributed by atoms with Crippen molar-refractivity contribution in [2.45, 2.75) is 36.7 Å². The average Bonchev–Trinajstić information content (AvgIpc) is 3.11. The summed E-state index contributed by atoms with van der Waals surface area (Å²) >= 11 is 4.25. The highest BCUT2D eigenvalue weighted by Gasteiger charge is 2.57. The summed E-state index contributed by atoms with van der Waals surface area (Å²) in [4.78, 5) is 23.4. The number of aryl methyl sites for hydroxylation is 1. The van der Waals surface area contributed by atoms with Crippen molar-refractivity contribution in [2.75, 3.05) is 16.8 Å². The molecule has 134 valence electrons. The van der Waals surface area contributed by atoms with E-state index in [1.807, 2.05) is 0 Å². The van der Waals surface area contributed by atoms with Gasteiger partial charge in [0.05, 0.1) is 9.00 Å². The second-order valence-corrected chi connectivity index (χ2v) is 10.3. The number of nitro benzene ring substituents is 1. The van der Waals surface area contributed by atoms with E-state index in [1.54, 1.807) is 19.1 Å². The van der Waals surface area contributed by atoms with Crippen LogP contribution in [0.25, 0.3) is 0 Å². The highest BCUT2D eigenvalue weighted by atomic mass is 32.2. The number of nitro groups is 1. The standard InChI is InChI=1S/C18H22N2O3S2/c1-11-2-5-15(10-16(11)20(22)23)19-17(21)12-8-13-3-4-14(9-12)18(13)24-6-7-25-18/h2,5,10,12-14H,3-4,6-9H2,1H3,(H,19,21)/t12?,13-,14+. The maximum Gasteiger partial charge on any atom is 0.274 e. The van der Waals surface area contributed by atoms with Crippen LogP contribution in [0.5, 0.6) is 0 Å². The lowest BCUT2D eigenvalue weighted by Crippen LogP contribution is -2.41. The maximum absolute atomic E-state index is 12.8. The number of nitrogens with one attached hydrogen (secondary N) is 1. The Balaban J connectivity index is 1.46. The molecule has 1 N–H and O–H groups in total. The van der Waals surface area contributed by atoms with Gasteiger partial charge in [-0.05, 0) is 50.5 Å². The molecular weight excluding hydrogens is 356 g/mol. The van der Waals surface area contributed by atoms with Crippen molar-refractivity contribution in [1.82, 2.24) is 0 Å². The molecule has 0 aromatic heterocycles. The molecule has 1 saturated heterocycles. The molecule has 1 amide bonds. The Morgan fingerprint density at radius 3 is 2.48 bits per heavy atom. The van der Waals surface area contributed by atoms with Gasteiger partial charge >= 0.3 is 0 Å². The van der Waals surface area contributed by atoms with Crippen molar-refractivity contribution in [3.63, 3.8) is 0 Å². The Morgan fingerprint density at radius 2 is 1.88 bits per heavy atom. The van der Waals surface area contributed by atoms with Crippen molar-refractivity contribution in [3.8, 4) is 0 Å². The number of hydrogen-bond donors (Lipinski definition) is 1. The molecule has 3 fully saturated rings. The van der Waals surface area contributed by atoms with Crippen LogP contribution >= 0.6 is 23.5 Å². The quantitative estimate of drug-likeness (QED) is 0.621. The molecule has 25 heavy (non-hydrogen) atoms. The van der Waals surface area contributed by atoms with Gasteiger partial charge < -0.3 is 5.32 Å². The summed E-state index contributed by atoms with van der Waals surface area (Å²) in [6, 6.07) is 4.91. The third-order valence-corrected chi connectivity index (χ3v) is 9.94. The molecule has 1 aromatic carbocycles. The molecular formula is C18H22N2O3S2. The summed E-state index contributed by atoms with van der Waals surface area (Å²) in [6.07, 6.45) is 4.39. The van der Waals surface area contributed by atoms with Gasteiger partial charge in [-0.25, -0.2) is 0 Å². The van der Waals surface area contributed by atoms with Crippen molar-refractivity contribution in [2.24, 2.45) is 17.8 Å². The smallest absolute Gasteiger partial charge is 0.274 e. The Labute approximate surface area is 155 Å². The van der Waals surface area contributed by atoms with E-state index >= 15 is 0 Å². The van der Waals surface area contributed by atoms with Crippen LogP contribution in [-0.4, -0.2) is 26.4 Å². The topological polar surface area (TPSA) is 72.2 Å². The van der Waals surface area contributed by atoms with Gasteiger partial charge in [0.25, 0.3) is 5.69 Å². The fraction of sp³-hybridized carbons (Fsp3) is 0.611. The molecule has 1 heterocycles.